The van der Waals surface area contributed by atoms with Crippen molar-refractivity contribution in [1.29, 1.82) is 0 Å². The summed E-state index contributed by atoms with van der Waals surface area (Å²) in [7, 11) is 4.97. The summed E-state index contributed by atoms with van der Waals surface area (Å²) in [4.78, 5) is 44.0. The Balaban J connectivity index is 1.61. The molecule has 0 bridgehead atoms. The molecule has 9 nitrogen and oxygen atoms in total. The summed E-state index contributed by atoms with van der Waals surface area (Å²) >= 11 is 0. The maximum atomic E-state index is 12.5. The molecule has 3 aliphatic rings. The number of nitrogens with zero attached hydrogens (tertiary/aromatic N) is 3. The molecule has 1 radical (unpaired) electrons. The van der Waals surface area contributed by atoms with E-state index < -0.39 is 18.0 Å². The predicted molar refractivity (Wildman–Crippen MR) is 99.8 cm³/mol. The van der Waals surface area contributed by atoms with Crippen molar-refractivity contribution in [2.75, 3.05) is 13.2 Å². The van der Waals surface area contributed by atoms with E-state index in [1.165, 1.54) is 4.90 Å². The molecule has 0 saturated carbocycles. The molecule has 0 spiro atoms. The van der Waals surface area contributed by atoms with Crippen LogP contribution in [0, 0.1) is 5.92 Å². The van der Waals surface area contributed by atoms with E-state index in [1.54, 1.807) is 11.8 Å². The minimum atomic E-state index is -0.817. The van der Waals surface area contributed by atoms with E-state index in [9.17, 15) is 19.5 Å². The molecular formula is C19H19BN3O6. The molecule has 0 unspecified atom stereocenters. The van der Waals surface area contributed by atoms with Crippen molar-refractivity contribution in [3.05, 3.63) is 41.1 Å². The molecule has 149 valence electrons. The molecule has 3 aliphatic heterocycles. The molecule has 0 aliphatic carbocycles. The van der Waals surface area contributed by atoms with Gasteiger partial charge in [0.1, 0.15) is 6.61 Å². The second-order valence-electron chi connectivity index (χ2n) is 7.29. The third-order valence-corrected chi connectivity index (χ3v) is 5.58. The summed E-state index contributed by atoms with van der Waals surface area (Å²) in [5, 5.41) is 12.8. The van der Waals surface area contributed by atoms with Gasteiger partial charge in [0.2, 0.25) is 0 Å². The van der Waals surface area contributed by atoms with Gasteiger partial charge in [-0.3, -0.25) is 0 Å². The second-order valence-corrected chi connectivity index (χ2v) is 7.29. The van der Waals surface area contributed by atoms with E-state index in [0.717, 1.165) is 11.1 Å². The van der Waals surface area contributed by atoms with Crippen LogP contribution in [0.1, 0.15) is 24.5 Å². The van der Waals surface area contributed by atoms with Gasteiger partial charge in [0.25, 0.3) is 0 Å². The first-order valence-electron chi connectivity index (χ1n) is 9.29. The van der Waals surface area contributed by atoms with Crippen LogP contribution in [0.4, 0.5) is 4.79 Å². The fourth-order valence-electron chi connectivity index (χ4n) is 4.21. The third kappa shape index (κ3) is 3.23. The molecule has 2 fully saturated rings. The zero-order valence-electron chi connectivity index (χ0n) is 15.8. The average Bonchev–Trinajstić information content (AvgIpc) is 3.23. The first-order chi connectivity index (χ1) is 13.9. The van der Waals surface area contributed by atoms with Gasteiger partial charge in [-0.25, -0.2) is 4.79 Å². The number of rotatable bonds is 6. The molecule has 3 heterocycles. The standard InChI is InChI=1S/C19H19BN3O6/c1-10(24)15-14-8-13(16(18(26)29-21-20)23(14)17(15)25)12-4-2-11(3-5-12)9-22-6-7-28-19(22)27/h2-5,10,14-15,24H,6-9H2,1H3/t10-,14-,15-/m1/s1. The van der Waals surface area contributed by atoms with Crippen LogP contribution in [0.3, 0.4) is 0 Å². The Morgan fingerprint density at radius 2 is 2.10 bits per heavy atom. The molecule has 1 aromatic rings. The van der Waals surface area contributed by atoms with Crippen LogP contribution < -0.4 is 0 Å². The number of cyclic esters (lactones) is 1. The number of aliphatic hydroxyl groups is 1. The van der Waals surface area contributed by atoms with Gasteiger partial charge in [-0.15, -0.1) is 0 Å². The monoisotopic (exact) mass is 396 g/mol. The number of hydrogen-bond donors (Lipinski definition) is 1. The van der Waals surface area contributed by atoms with Gasteiger partial charge < -0.3 is 4.74 Å². The zero-order chi connectivity index (χ0) is 20.7. The van der Waals surface area contributed by atoms with Crippen LogP contribution in [0.15, 0.2) is 35.0 Å². The number of carbonyl (C=O) groups excluding carboxylic acids is 3. The Morgan fingerprint density at radius 1 is 1.38 bits per heavy atom. The van der Waals surface area contributed by atoms with Gasteiger partial charge in [-0.1, -0.05) is 0 Å². The summed E-state index contributed by atoms with van der Waals surface area (Å²) in [5.41, 5.74) is 2.39. The molecule has 4 rings (SSSR count). The van der Waals surface area contributed by atoms with E-state index in [0.29, 0.717) is 31.7 Å². The fraction of sp³-hybridized carbons (Fsp3) is 0.421. The van der Waals surface area contributed by atoms with Gasteiger partial charge in [-0.05, 0) is 0 Å². The van der Waals surface area contributed by atoms with Crippen molar-refractivity contribution >= 4 is 31.2 Å². The van der Waals surface area contributed by atoms with Gasteiger partial charge in [0, 0.05) is 0 Å². The Bertz CT molecular complexity index is 913. The van der Waals surface area contributed by atoms with E-state index in [1.807, 2.05) is 24.3 Å². The van der Waals surface area contributed by atoms with Crippen LogP contribution in [0.25, 0.3) is 5.57 Å². The molecule has 10 heteroatoms. The summed E-state index contributed by atoms with van der Waals surface area (Å²) < 4.78 is 4.93. The van der Waals surface area contributed by atoms with Crippen molar-refractivity contribution in [3.8, 4) is 0 Å². The van der Waals surface area contributed by atoms with Crippen LogP contribution in [0.5, 0.6) is 0 Å². The number of fused-ring (bicyclic) bond motifs is 1. The Morgan fingerprint density at radius 3 is 2.69 bits per heavy atom. The normalized spacial score (nSPS) is 24.2. The van der Waals surface area contributed by atoms with E-state index in [2.05, 4.69) is 9.90 Å². The Labute approximate surface area is 167 Å². The average molecular weight is 396 g/mol. The Kier molecular flexibility index (Phi) is 4.95. The molecule has 1 aromatic carbocycles. The van der Waals surface area contributed by atoms with E-state index in [4.69, 9.17) is 12.4 Å². The molecule has 2 saturated heterocycles. The molecule has 3 atom stereocenters. The van der Waals surface area contributed by atoms with Crippen LogP contribution in [0.2, 0.25) is 0 Å². The summed E-state index contributed by atoms with van der Waals surface area (Å²) in [6.45, 7) is 2.92. The minimum absolute atomic E-state index is 0.0990. The topological polar surface area (TPSA) is 109 Å². The number of ether oxygens (including phenoxy) is 1. The van der Waals surface area contributed by atoms with Gasteiger partial charge in [0.05, 0.1) is 0 Å². The van der Waals surface area contributed by atoms with E-state index >= 15 is 0 Å². The second kappa shape index (κ2) is 7.44. The number of β-lactam (4-membered cyclic amide) rings is 1. The van der Waals surface area contributed by atoms with Gasteiger partial charge in [0.15, 0.2) is 0 Å². The molecule has 29 heavy (non-hydrogen) atoms. The molecular weight excluding hydrogens is 377 g/mol. The third-order valence-electron chi connectivity index (χ3n) is 5.58. The van der Waals surface area contributed by atoms with Crippen molar-refractivity contribution in [3.63, 3.8) is 0 Å². The molecule has 2 amide bonds. The SMILES string of the molecule is [B]=NOC(=O)C1=C(c2ccc(CN3CCOC3=O)cc2)C[C@@H]2[C@@H]([C@@H](C)O)C(=O)N12. The van der Waals surface area contributed by atoms with Gasteiger partial charge >= 0.3 is 151 Å². The van der Waals surface area contributed by atoms with Crippen molar-refractivity contribution in [1.82, 2.24) is 9.80 Å². The summed E-state index contributed by atoms with van der Waals surface area (Å²) in [5.74, 6) is -1.70. The number of hydrogen-bond acceptors (Lipinski definition) is 7. The number of benzene rings is 1. The number of carbonyl (C=O) groups is 3. The maximum absolute atomic E-state index is 12.5. The number of aliphatic hydroxyl groups excluding tert-OH is 1. The molecule has 0 aromatic heterocycles. The fourth-order valence-corrected chi connectivity index (χ4v) is 4.21. The van der Waals surface area contributed by atoms with Crippen molar-refractivity contribution in [2.45, 2.75) is 32.0 Å². The van der Waals surface area contributed by atoms with Crippen LogP contribution in [-0.4, -0.2) is 65.8 Å². The quantitative estimate of drug-likeness (QED) is 0.432. The van der Waals surface area contributed by atoms with Crippen molar-refractivity contribution < 1.29 is 29.1 Å². The van der Waals surface area contributed by atoms with E-state index in [-0.39, 0.29) is 23.7 Å². The van der Waals surface area contributed by atoms with Crippen LogP contribution in [-0.2, 0) is 25.7 Å². The Hall–Kier alpha value is -3.01. The first kappa shape index (κ1) is 19.3. The summed E-state index contributed by atoms with van der Waals surface area (Å²) in [6, 6.07) is 7.05. The van der Waals surface area contributed by atoms with Crippen molar-refractivity contribution in [2.24, 2.45) is 11.0 Å². The van der Waals surface area contributed by atoms with Crippen LogP contribution >= 0.6 is 0 Å². The predicted octanol–water partition coefficient (Wildman–Crippen LogP) is 0.772. The first-order valence-corrected chi connectivity index (χ1v) is 9.29. The zero-order valence-corrected chi connectivity index (χ0v) is 15.8. The summed E-state index contributed by atoms with van der Waals surface area (Å²) in [6.07, 6.45) is -0.744. The number of amides is 2. The van der Waals surface area contributed by atoms with Gasteiger partial charge in [-0.2, -0.15) is 0 Å². The molecule has 1 N–H and O–H groups in total.